The molecule has 7 nitrogen and oxygen atoms in total. The third-order valence-electron chi connectivity index (χ3n) is 4.19. The lowest BCUT2D eigenvalue weighted by Crippen LogP contribution is -2.46. The van der Waals surface area contributed by atoms with Crippen molar-refractivity contribution in [3.05, 3.63) is 33.1 Å². The summed E-state index contributed by atoms with van der Waals surface area (Å²) in [5.74, 6) is 0. The highest BCUT2D eigenvalue weighted by molar-refractivity contribution is 8.01. The molecule has 20 heavy (non-hydrogen) atoms. The van der Waals surface area contributed by atoms with Crippen molar-refractivity contribution in [2.75, 3.05) is 0 Å². The third kappa shape index (κ3) is 1.86. The van der Waals surface area contributed by atoms with Crippen LogP contribution in [-0.4, -0.2) is 47.9 Å². The van der Waals surface area contributed by atoms with Crippen LogP contribution < -0.4 is 11.2 Å². The number of aromatic nitrogens is 2. The number of aromatic amines is 1. The van der Waals surface area contributed by atoms with E-state index < -0.39 is 39.7 Å². The van der Waals surface area contributed by atoms with Gasteiger partial charge in [0.25, 0.3) is 5.56 Å². The van der Waals surface area contributed by atoms with Crippen LogP contribution in [0.4, 0.5) is 0 Å². The first kappa shape index (κ1) is 13.9. The molecule has 1 saturated carbocycles. The molecule has 8 heteroatoms. The first-order valence-electron chi connectivity index (χ1n) is 6.49. The molecule has 2 heterocycles. The molecular formula is C12H16N2O5S. The van der Waals surface area contributed by atoms with Gasteiger partial charge in [0.05, 0.1) is 17.0 Å². The summed E-state index contributed by atoms with van der Waals surface area (Å²) < 4.78 is 0.361. The molecule has 1 aromatic heterocycles. The Morgan fingerprint density at radius 2 is 2.10 bits per heavy atom. The fraction of sp³-hybridized carbons (Fsp3) is 0.667. The fourth-order valence-electron chi connectivity index (χ4n) is 3.12. The van der Waals surface area contributed by atoms with E-state index in [1.807, 2.05) is 0 Å². The van der Waals surface area contributed by atoms with Crippen LogP contribution in [0, 0.1) is 0 Å². The van der Waals surface area contributed by atoms with Gasteiger partial charge in [-0.05, 0) is 19.3 Å². The van der Waals surface area contributed by atoms with Crippen LogP contribution in [0.2, 0.25) is 0 Å². The van der Waals surface area contributed by atoms with Gasteiger partial charge in [-0.15, -0.1) is 11.8 Å². The first-order valence-corrected chi connectivity index (χ1v) is 7.37. The molecule has 110 valence electrons. The van der Waals surface area contributed by atoms with E-state index in [4.69, 9.17) is 0 Å². The van der Waals surface area contributed by atoms with Gasteiger partial charge < -0.3 is 15.3 Å². The first-order chi connectivity index (χ1) is 9.45. The summed E-state index contributed by atoms with van der Waals surface area (Å²) in [4.78, 5) is 25.0. The van der Waals surface area contributed by atoms with Gasteiger partial charge in [-0.3, -0.25) is 14.3 Å². The quantitative estimate of drug-likeness (QED) is 0.517. The minimum absolute atomic E-state index is 0.514. The topological polar surface area (TPSA) is 116 Å². The maximum Gasteiger partial charge on any atom is 0.329 e. The standard InChI is InChI=1S/C12H16N2O5S/c15-6-2-1-4-12(6)9(18)8(17)10(20-12)14-5-3-7(16)13-11(14)19/h3,5-6,8-10,15,17-18H,1-2,4H2,(H,13,16,19)/t6-,8+,9-,10+,12-/m0/s1. The van der Waals surface area contributed by atoms with E-state index in [1.54, 1.807) is 0 Å². The zero-order chi connectivity index (χ0) is 14.5. The lowest BCUT2D eigenvalue weighted by atomic mass is 9.94. The van der Waals surface area contributed by atoms with Crippen molar-refractivity contribution in [3.8, 4) is 0 Å². The SMILES string of the molecule is O=c1ccn([C@@H]2S[C@]3(CCC[C@@H]3O)[C@@H](O)[C@H]2O)c(=O)[nH]1. The molecular weight excluding hydrogens is 284 g/mol. The van der Waals surface area contributed by atoms with E-state index in [2.05, 4.69) is 4.98 Å². The molecule has 0 bridgehead atoms. The maximum absolute atomic E-state index is 11.8. The number of thioether (sulfide) groups is 1. The molecule has 3 rings (SSSR count). The van der Waals surface area contributed by atoms with Gasteiger partial charge in [-0.2, -0.15) is 0 Å². The van der Waals surface area contributed by atoms with Crippen molar-refractivity contribution in [2.24, 2.45) is 0 Å². The number of H-pyrrole nitrogens is 1. The number of nitrogens with zero attached hydrogens (tertiary/aromatic N) is 1. The second kappa shape index (κ2) is 4.73. The van der Waals surface area contributed by atoms with Crippen LogP contribution in [-0.2, 0) is 0 Å². The van der Waals surface area contributed by atoms with Crippen LogP contribution in [0.15, 0.2) is 21.9 Å². The lowest BCUT2D eigenvalue weighted by molar-refractivity contribution is -0.0258. The lowest BCUT2D eigenvalue weighted by Gasteiger charge is -2.30. The molecule has 0 unspecified atom stereocenters. The molecule has 5 atom stereocenters. The van der Waals surface area contributed by atoms with E-state index in [0.29, 0.717) is 12.8 Å². The van der Waals surface area contributed by atoms with Gasteiger partial charge >= 0.3 is 5.69 Å². The van der Waals surface area contributed by atoms with Crippen LogP contribution in [0.3, 0.4) is 0 Å². The molecule has 0 amide bonds. The highest BCUT2D eigenvalue weighted by atomic mass is 32.2. The Bertz CT molecular complexity index is 629. The summed E-state index contributed by atoms with van der Waals surface area (Å²) in [6.45, 7) is 0. The maximum atomic E-state index is 11.8. The highest BCUT2D eigenvalue weighted by Gasteiger charge is 2.59. The summed E-state index contributed by atoms with van der Waals surface area (Å²) in [6, 6.07) is 1.19. The van der Waals surface area contributed by atoms with Crippen LogP contribution in [0.25, 0.3) is 0 Å². The van der Waals surface area contributed by atoms with Crippen molar-refractivity contribution in [3.63, 3.8) is 0 Å². The minimum atomic E-state index is -1.17. The Hall–Kier alpha value is -1.09. The number of hydrogen-bond acceptors (Lipinski definition) is 6. The van der Waals surface area contributed by atoms with Gasteiger partial charge in [0.1, 0.15) is 11.5 Å². The number of aliphatic hydroxyl groups is 3. The number of aliphatic hydroxyl groups excluding tert-OH is 3. The molecule has 2 fully saturated rings. The molecule has 1 aromatic rings. The summed E-state index contributed by atoms with van der Waals surface area (Å²) >= 11 is 1.21. The summed E-state index contributed by atoms with van der Waals surface area (Å²) in [7, 11) is 0. The van der Waals surface area contributed by atoms with Gasteiger partial charge in [-0.1, -0.05) is 0 Å². The monoisotopic (exact) mass is 300 g/mol. The predicted octanol–water partition coefficient (Wildman–Crippen LogP) is -1.21. The van der Waals surface area contributed by atoms with Gasteiger partial charge in [-0.25, -0.2) is 4.79 Å². The minimum Gasteiger partial charge on any atom is -0.392 e. The Morgan fingerprint density at radius 1 is 1.35 bits per heavy atom. The average molecular weight is 300 g/mol. The number of hydrogen-bond donors (Lipinski definition) is 4. The Kier molecular flexibility index (Phi) is 3.28. The molecule has 1 spiro atoms. The van der Waals surface area contributed by atoms with Crippen LogP contribution in [0.1, 0.15) is 24.6 Å². The van der Waals surface area contributed by atoms with Gasteiger partial charge in [0.15, 0.2) is 0 Å². The van der Waals surface area contributed by atoms with E-state index in [9.17, 15) is 24.9 Å². The second-order valence-corrected chi connectivity index (χ2v) is 6.80. The van der Waals surface area contributed by atoms with Crippen LogP contribution >= 0.6 is 11.8 Å². The van der Waals surface area contributed by atoms with E-state index in [-0.39, 0.29) is 0 Å². The van der Waals surface area contributed by atoms with Crippen molar-refractivity contribution < 1.29 is 15.3 Å². The number of nitrogens with one attached hydrogen (secondary N) is 1. The highest BCUT2D eigenvalue weighted by Crippen LogP contribution is 2.56. The van der Waals surface area contributed by atoms with Crippen LogP contribution in [0.5, 0.6) is 0 Å². The zero-order valence-corrected chi connectivity index (χ0v) is 11.4. The molecule has 1 aliphatic carbocycles. The summed E-state index contributed by atoms with van der Waals surface area (Å²) in [6.07, 6.45) is 0.251. The van der Waals surface area contributed by atoms with E-state index in [1.165, 1.54) is 28.6 Å². The smallest absolute Gasteiger partial charge is 0.329 e. The molecule has 1 saturated heterocycles. The van der Waals surface area contributed by atoms with Crippen molar-refractivity contribution in [1.82, 2.24) is 9.55 Å². The Balaban J connectivity index is 2.00. The summed E-state index contributed by atoms with van der Waals surface area (Å²) in [5, 5.41) is 29.9. The number of rotatable bonds is 1. The molecule has 0 aromatic carbocycles. The van der Waals surface area contributed by atoms with Gasteiger partial charge in [0.2, 0.25) is 0 Å². The van der Waals surface area contributed by atoms with Crippen molar-refractivity contribution >= 4 is 11.8 Å². The largest absolute Gasteiger partial charge is 0.392 e. The molecule has 4 N–H and O–H groups in total. The molecule has 0 radical (unpaired) electrons. The third-order valence-corrected chi connectivity index (χ3v) is 6.09. The van der Waals surface area contributed by atoms with Gasteiger partial charge in [0, 0.05) is 12.3 Å². The average Bonchev–Trinajstić information content (AvgIpc) is 2.88. The summed E-state index contributed by atoms with van der Waals surface area (Å²) in [5.41, 5.74) is -1.15. The van der Waals surface area contributed by atoms with Crippen molar-refractivity contribution in [1.29, 1.82) is 0 Å². The Morgan fingerprint density at radius 3 is 2.70 bits per heavy atom. The van der Waals surface area contributed by atoms with E-state index in [0.717, 1.165) is 6.42 Å². The fourth-order valence-corrected chi connectivity index (χ4v) is 4.96. The normalized spacial score (nSPS) is 40.5. The molecule has 2 aliphatic rings. The Labute approximate surface area is 118 Å². The second-order valence-electron chi connectivity index (χ2n) is 5.32. The predicted molar refractivity (Wildman–Crippen MR) is 72.6 cm³/mol. The van der Waals surface area contributed by atoms with Crippen molar-refractivity contribution in [2.45, 2.75) is 47.7 Å². The molecule has 1 aliphatic heterocycles. The zero-order valence-electron chi connectivity index (χ0n) is 10.6. The van der Waals surface area contributed by atoms with E-state index >= 15 is 0 Å².